The van der Waals surface area contributed by atoms with Crippen LogP contribution in [0.15, 0.2) is 48.7 Å². The molecule has 1 N–H and O–H groups in total. The molecule has 116 valence electrons. The Kier molecular flexibility index (Phi) is 4.06. The van der Waals surface area contributed by atoms with Gasteiger partial charge in [0, 0.05) is 17.2 Å². The number of hydrogen-bond acceptors (Lipinski definition) is 3. The van der Waals surface area contributed by atoms with E-state index in [0.717, 1.165) is 33.5 Å². The summed E-state index contributed by atoms with van der Waals surface area (Å²) in [4.78, 5) is 21.1. The number of fused-ring (bicyclic) bond motifs is 1. The fraction of sp³-hybridized carbons (Fsp3) is 0.211. The molecule has 1 amide bonds. The Balaban J connectivity index is 2.00. The van der Waals surface area contributed by atoms with Gasteiger partial charge >= 0.3 is 0 Å². The van der Waals surface area contributed by atoms with Crippen molar-refractivity contribution in [3.8, 4) is 11.3 Å². The lowest BCUT2D eigenvalue weighted by atomic mass is 10.1. The van der Waals surface area contributed by atoms with Crippen molar-refractivity contribution in [2.45, 2.75) is 20.8 Å². The first kappa shape index (κ1) is 15.2. The number of nitrogens with zero attached hydrogens (tertiary/aromatic N) is 2. The van der Waals surface area contributed by atoms with Crippen LogP contribution in [-0.4, -0.2) is 15.9 Å². The molecule has 0 saturated heterocycles. The Morgan fingerprint density at radius 1 is 1.09 bits per heavy atom. The van der Waals surface area contributed by atoms with E-state index in [0.29, 0.717) is 0 Å². The van der Waals surface area contributed by atoms with E-state index < -0.39 is 0 Å². The zero-order valence-corrected chi connectivity index (χ0v) is 13.5. The van der Waals surface area contributed by atoms with Gasteiger partial charge in [0.25, 0.3) is 0 Å². The monoisotopic (exact) mass is 305 g/mol. The van der Waals surface area contributed by atoms with Gasteiger partial charge in [-0.05, 0) is 30.7 Å². The van der Waals surface area contributed by atoms with Crippen molar-refractivity contribution >= 4 is 22.6 Å². The third kappa shape index (κ3) is 3.21. The number of carbonyl (C=O) groups excluding carboxylic acids is 1. The van der Waals surface area contributed by atoms with Crippen LogP contribution in [0, 0.1) is 12.8 Å². The first-order valence-corrected chi connectivity index (χ1v) is 7.68. The summed E-state index contributed by atoms with van der Waals surface area (Å²) in [6.45, 7) is 5.73. The van der Waals surface area contributed by atoms with Crippen molar-refractivity contribution in [3.63, 3.8) is 0 Å². The van der Waals surface area contributed by atoms with Crippen LogP contribution in [0.2, 0.25) is 0 Å². The van der Waals surface area contributed by atoms with Crippen molar-refractivity contribution in [2.75, 3.05) is 5.32 Å². The molecule has 0 atom stereocenters. The Morgan fingerprint density at radius 3 is 2.57 bits per heavy atom. The van der Waals surface area contributed by atoms with E-state index in [4.69, 9.17) is 0 Å². The minimum atomic E-state index is -0.0569. The van der Waals surface area contributed by atoms with E-state index in [1.807, 2.05) is 63.2 Å². The molecule has 23 heavy (non-hydrogen) atoms. The number of nitrogens with one attached hydrogen (secondary N) is 1. The smallest absolute Gasteiger partial charge is 0.226 e. The van der Waals surface area contributed by atoms with Gasteiger partial charge in [0.1, 0.15) is 0 Å². The quantitative estimate of drug-likeness (QED) is 0.789. The maximum atomic E-state index is 11.9. The van der Waals surface area contributed by atoms with E-state index in [1.54, 1.807) is 6.20 Å². The molecule has 0 saturated carbocycles. The lowest BCUT2D eigenvalue weighted by Gasteiger charge is -2.12. The molecule has 3 rings (SSSR count). The van der Waals surface area contributed by atoms with Crippen LogP contribution in [0.25, 0.3) is 22.3 Å². The summed E-state index contributed by atoms with van der Waals surface area (Å²) in [5, 5.41) is 2.97. The summed E-state index contributed by atoms with van der Waals surface area (Å²) in [7, 11) is 0. The second-order valence-electron chi connectivity index (χ2n) is 5.92. The van der Waals surface area contributed by atoms with Gasteiger partial charge in [-0.25, -0.2) is 4.98 Å². The third-order valence-corrected chi connectivity index (χ3v) is 3.76. The van der Waals surface area contributed by atoms with Crippen molar-refractivity contribution < 1.29 is 4.79 Å². The van der Waals surface area contributed by atoms with Gasteiger partial charge < -0.3 is 5.32 Å². The highest BCUT2D eigenvalue weighted by Crippen LogP contribution is 2.25. The maximum absolute atomic E-state index is 11.9. The van der Waals surface area contributed by atoms with Crippen LogP contribution >= 0.6 is 0 Å². The molecule has 0 radical (unpaired) electrons. The van der Waals surface area contributed by atoms with Crippen LogP contribution in [0.1, 0.15) is 19.4 Å². The first-order valence-electron chi connectivity index (χ1n) is 7.68. The molecule has 0 fully saturated rings. The molecule has 3 aromatic rings. The summed E-state index contributed by atoms with van der Waals surface area (Å²) in [5.41, 5.74) is 5.30. The van der Waals surface area contributed by atoms with Gasteiger partial charge in [0.15, 0.2) is 0 Å². The summed E-state index contributed by atoms with van der Waals surface area (Å²) >= 11 is 0. The molecule has 0 unspecified atom stereocenters. The Bertz CT molecular complexity index is 871. The van der Waals surface area contributed by atoms with Gasteiger partial charge in [0.05, 0.1) is 22.9 Å². The summed E-state index contributed by atoms with van der Waals surface area (Å²) in [5.74, 6) is -0.0478. The largest absolute Gasteiger partial charge is 0.326 e. The predicted octanol–water partition coefficient (Wildman–Crippen LogP) is 4.20. The normalized spacial score (nSPS) is 11.0. The van der Waals surface area contributed by atoms with Crippen LogP contribution in [-0.2, 0) is 4.79 Å². The molecule has 0 aliphatic heterocycles. The number of carbonyl (C=O) groups is 1. The molecule has 1 heterocycles. The number of amides is 1. The number of benzene rings is 2. The molecular formula is C19H19N3O. The lowest BCUT2D eigenvalue weighted by Crippen LogP contribution is -2.18. The Hall–Kier alpha value is -2.75. The molecule has 1 aromatic heterocycles. The minimum Gasteiger partial charge on any atom is -0.326 e. The maximum Gasteiger partial charge on any atom is 0.226 e. The number of aromatic nitrogens is 2. The van der Waals surface area contributed by atoms with Gasteiger partial charge in [-0.3, -0.25) is 9.78 Å². The molecule has 0 aliphatic carbocycles. The van der Waals surface area contributed by atoms with Crippen LogP contribution in [0.3, 0.4) is 0 Å². The fourth-order valence-corrected chi connectivity index (χ4v) is 2.29. The van der Waals surface area contributed by atoms with E-state index in [1.165, 1.54) is 0 Å². The lowest BCUT2D eigenvalue weighted by molar-refractivity contribution is -0.118. The van der Waals surface area contributed by atoms with Crippen LogP contribution in [0.4, 0.5) is 5.69 Å². The van der Waals surface area contributed by atoms with Gasteiger partial charge in [-0.2, -0.15) is 0 Å². The minimum absolute atomic E-state index is 0.00912. The molecular weight excluding hydrogens is 286 g/mol. The van der Waals surface area contributed by atoms with E-state index in [9.17, 15) is 4.79 Å². The average Bonchev–Trinajstić information content (AvgIpc) is 2.56. The highest BCUT2D eigenvalue weighted by atomic mass is 16.1. The highest BCUT2D eigenvalue weighted by Gasteiger charge is 2.10. The molecule has 0 bridgehead atoms. The SMILES string of the molecule is Cc1ccc(-c2cnc3ccccc3n2)cc1NC(=O)C(C)C. The molecule has 4 nitrogen and oxygen atoms in total. The van der Waals surface area contributed by atoms with Crippen LogP contribution in [0.5, 0.6) is 0 Å². The first-order chi connectivity index (χ1) is 11.0. The third-order valence-electron chi connectivity index (χ3n) is 3.76. The van der Waals surface area contributed by atoms with Crippen molar-refractivity contribution in [1.29, 1.82) is 0 Å². The average molecular weight is 305 g/mol. The number of anilines is 1. The highest BCUT2D eigenvalue weighted by molar-refractivity contribution is 5.93. The Morgan fingerprint density at radius 2 is 1.83 bits per heavy atom. The van der Waals surface area contributed by atoms with Crippen molar-refractivity contribution in [3.05, 3.63) is 54.2 Å². The number of rotatable bonds is 3. The zero-order valence-electron chi connectivity index (χ0n) is 13.5. The van der Waals surface area contributed by atoms with Crippen molar-refractivity contribution in [1.82, 2.24) is 9.97 Å². The predicted molar refractivity (Wildman–Crippen MR) is 93.2 cm³/mol. The van der Waals surface area contributed by atoms with E-state index in [2.05, 4.69) is 15.3 Å². The summed E-state index contributed by atoms with van der Waals surface area (Å²) in [6, 6.07) is 13.7. The zero-order chi connectivity index (χ0) is 16.4. The molecule has 2 aromatic carbocycles. The van der Waals surface area contributed by atoms with E-state index in [-0.39, 0.29) is 11.8 Å². The summed E-state index contributed by atoms with van der Waals surface area (Å²) in [6.07, 6.45) is 1.76. The second-order valence-corrected chi connectivity index (χ2v) is 5.92. The fourth-order valence-electron chi connectivity index (χ4n) is 2.29. The van der Waals surface area contributed by atoms with Gasteiger partial charge in [0.2, 0.25) is 5.91 Å². The number of aryl methyl sites for hydroxylation is 1. The summed E-state index contributed by atoms with van der Waals surface area (Å²) < 4.78 is 0. The Labute approximate surface area is 135 Å². The molecule has 4 heteroatoms. The van der Waals surface area contributed by atoms with Gasteiger partial charge in [-0.15, -0.1) is 0 Å². The standard InChI is InChI=1S/C19H19N3O/c1-12(2)19(23)22-17-10-14(9-8-13(17)3)18-11-20-15-6-4-5-7-16(15)21-18/h4-12H,1-3H3,(H,22,23). The molecule has 0 spiro atoms. The number of hydrogen-bond donors (Lipinski definition) is 1. The van der Waals surface area contributed by atoms with Crippen LogP contribution < -0.4 is 5.32 Å². The second kappa shape index (κ2) is 6.16. The van der Waals surface area contributed by atoms with Gasteiger partial charge in [-0.1, -0.05) is 38.1 Å². The van der Waals surface area contributed by atoms with Crippen molar-refractivity contribution in [2.24, 2.45) is 5.92 Å². The van der Waals surface area contributed by atoms with E-state index >= 15 is 0 Å². The number of para-hydroxylation sites is 2. The topological polar surface area (TPSA) is 54.9 Å². The molecule has 0 aliphatic rings.